The van der Waals surface area contributed by atoms with Crippen molar-refractivity contribution in [2.45, 2.75) is 38.0 Å². The number of aromatic nitrogens is 2. The molecule has 2 heterocycles. The Morgan fingerprint density at radius 2 is 2.12 bits per heavy atom. The van der Waals surface area contributed by atoms with Gasteiger partial charge in [0.15, 0.2) is 0 Å². The van der Waals surface area contributed by atoms with E-state index in [1.807, 2.05) is 18.2 Å². The third kappa shape index (κ3) is 5.37. The van der Waals surface area contributed by atoms with E-state index in [9.17, 15) is 13.2 Å². The largest absolute Gasteiger partial charge is 0.421 e. The summed E-state index contributed by atoms with van der Waals surface area (Å²) in [6, 6.07) is 5.98. The molecule has 4 rings (SSSR count). The summed E-state index contributed by atoms with van der Waals surface area (Å²) in [6.07, 6.45) is 2.18. The molecule has 0 amide bonds. The van der Waals surface area contributed by atoms with Crippen LogP contribution in [0.4, 0.5) is 30.6 Å². The minimum Gasteiger partial charge on any atom is -0.405 e. The van der Waals surface area contributed by atoms with Crippen LogP contribution in [-0.4, -0.2) is 46.8 Å². The van der Waals surface area contributed by atoms with E-state index in [-0.39, 0.29) is 17.8 Å². The molecular weight excluding hydrogens is 419 g/mol. The van der Waals surface area contributed by atoms with Crippen LogP contribution >= 0.6 is 0 Å². The molecule has 7 nitrogen and oxygen atoms in total. The van der Waals surface area contributed by atoms with Gasteiger partial charge in [-0.15, -0.1) is 0 Å². The number of nitrogens with zero attached hydrogens (tertiary/aromatic N) is 4. The third-order valence-corrected chi connectivity index (χ3v) is 5.53. The lowest BCUT2D eigenvalue weighted by atomic mass is 9.98. The molecule has 170 valence electrons. The van der Waals surface area contributed by atoms with Crippen molar-refractivity contribution in [2.75, 3.05) is 30.8 Å². The first-order valence-electron chi connectivity index (χ1n) is 10.5. The summed E-state index contributed by atoms with van der Waals surface area (Å²) in [5.41, 5.74) is 8.70. The van der Waals surface area contributed by atoms with Crippen molar-refractivity contribution in [1.29, 1.82) is 0 Å². The molecule has 10 heteroatoms. The molecule has 32 heavy (non-hydrogen) atoms. The fourth-order valence-corrected chi connectivity index (χ4v) is 3.67. The maximum atomic E-state index is 13.3. The van der Waals surface area contributed by atoms with Gasteiger partial charge in [0.25, 0.3) is 0 Å². The van der Waals surface area contributed by atoms with Crippen LogP contribution in [0.5, 0.6) is 0 Å². The summed E-state index contributed by atoms with van der Waals surface area (Å²) in [5, 5.41) is 5.91. The summed E-state index contributed by atoms with van der Waals surface area (Å²) >= 11 is 0. The molecule has 0 atom stereocenters. The summed E-state index contributed by atoms with van der Waals surface area (Å²) in [6.45, 7) is 2.39. The predicted molar refractivity (Wildman–Crippen MR) is 119 cm³/mol. The van der Waals surface area contributed by atoms with E-state index in [0.29, 0.717) is 0 Å². The van der Waals surface area contributed by atoms with Gasteiger partial charge < -0.3 is 16.4 Å². The monoisotopic (exact) mass is 445 g/mol. The summed E-state index contributed by atoms with van der Waals surface area (Å²) in [5.74, 6) is -0.0399. The number of anilines is 3. The number of fused-ring (bicyclic) bond motifs is 1. The molecule has 1 fully saturated rings. The van der Waals surface area contributed by atoms with Crippen LogP contribution in [0.25, 0.3) is 0 Å². The average Bonchev–Trinajstić information content (AvgIpc) is 3.57. The Kier molecular flexibility index (Phi) is 6.31. The first-order valence-corrected chi connectivity index (χ1v) is 10.5. The molecule has 1 aliphatic carbocycles. The molecule has 2 aromatic rings. The minimum absolute atomic E-state index is 0.0455. The van der Waals surface area contributed by atoms with Crippen molar-refractivity contribution < 1.29 is 13.2 Å². The van der Waals surface area contributed by atoms with Crippen molar-refractivity contribution >= 4 is 23.2 Å². The first-order chi connectivity index (χ1) is 15.4. The summed E-state index contributed by atoms with van der Waals surface area (Å²) in [7, 11) is 1.75. The van der Waals surface area contributed by atoms with E-state index in [0.717, 1.165) is 56.5 Å². The fourth-order valence-electron chi connectivity index (χ4n) is 3.67. The molecule has 1 aromatic heterocycles. The SMILES string of the molecule is CN=C(/C=C\N)CN1CCc2cc(Nc3ncc(C(F)(F)F)c(NC4CC4)n3)ccc2C1. The summed E-state index contributed by atoms with van der Waals surface area (Å²) in [4.78, 5) is 14.5. The van der Waals surface area contributed by atoms with Gasteiger partial charge in [-0.25, -0.2) is 4.98 Å². The Morgan fingerprint density at radius 1 is 1.31 bits per heavy atom. The van der Waals surface area contributed by atoms with Gasteiger partial charge in [0, 0.05) is 50.3 Å². The number of aliphatic imine (C=N–C) groups is 1. The minimum atomic E-state index is -4.50. The quantitative estimate of drug-likeness (QED) is 0.563. The zero-order chi connectivity index (χ0) is 22.7. The number of alkyl halides is 3. The molecule has 0 spiro atoms. The molecule has 1 saturated carbocycles. The van der Waals surface area contributed by atoms with Gasteiger partial charge in [-0.3, -0.25) is 9.89 Å². The Balaban J connectivity index is 1.47. The van der Waals surface area contributed by atoms with Crippen molar-refractivity contribution in [2.24, 2.45) is 10.7 Å². The van der Waals surface area contributed by atoms with Gasteiger partial charge in [0.1, 0.15) is 11.4 Å². The molecule has 1 aromatic carbocycles. The Morgan fingerprint density at radius 3 is 2.81 bits per heavy atom. The van der Waals surface area contributed by atoms with E-state index < -0.39 is 11.7 Å². The molecule has 1 aliphatic heterocycles. The second-order valence-corrected chi connectivity index (χ2v) is 8.02. The number of hydrogen-bond donors (Lipinski definition) is 3. The van der Waals surface area contributed by atoms with E-state index in [1.165, 1.54) is 17.3 Å². The Hall–Kier alpha value is -3.14. The van der Waals surface area contributed by atoms with E-state index in [4.69, 9.17) is 5.73 Å². The zero-order valence-electron chi connectivity index (χ0n) is 17.8. The Labute approximate surface area is 184 Å². The molecule has 0 saturated heterocycles. The first kappa shape index (κ1) is 22.1. The molecule has 2 aliphatic rings. The van der Waals surface area contributed by atoms with Crippen LogP contribution in [0.15, 0.2) is 41.7 Å². The van der Waals surface area contributed by atoms with E-state index >= 15 is 0 Å². The van der Waals surface area contributed by atoms with Gasteiger partial charge >= 0.3 is 6.18 Å². The highest BCUT2D eigenvalue weighted by Gasteiger charge is 2.36. The van der Waals surface area contributed by atoms with Crippen LogP contribution in [-0.2, 0) is 19.1 Å². The lowest BCUT2D eigenvalue weighted by Gasteiger charge is -2.29. The number of nitrogens with one attached hydrogen (secondary N) is 2. The lowest BCUT2D eigenvalue weighted by molar-refractivity contribution is -0.137. The second-order valence-electron chi connectivity index (χ2n) is 8.02. The highest BCUT2D eigenvalue weighted by atomic mass is 19.4. The Bertz CT molecular complexity index is 1030. The zero-order valence-corrected chi connectivity index (χ0v) is 17.8. The van der Waals surface area contributed by atoms with Crippen molar-refractivity contribution in [3.05, 3.63) is 53.4 Å². The smallest absolute Gasteiger partial charge is 0.405 e. The molecule has 0 bridgehead atoms. The number of benzene rings is 1. The summed E-state index contributed by atoms with van der Waals surface area (Å²) < 4.78 is 39.8. The van der Waals surface area contributed by atoms with Crippen LogP contribution < -0.4 is 16.4 Å². The van der Waals surface area contributed by atoms with Crippen LogP contribution in [0, 0.1) is 0 Å². The number of halogens is 3. The number of rotatable bonds is 7. The highest BCUT2D eigenvalue weighted by Crippen LogP contribution is 2.36. The fraction of sp³-hybridized carbons (Fsp3) is 0.409. The van der Waals surface area contributed by atoms with Crippen LogP contribution in [0.1, 0.15) is 29.5 Å². The van der Waals surface area contributed by atoms with Gasteiger partial charge in [0.2, 0.25) is 5.95 Å². The maximum Gasteiger partial charge on any atom is 0.421 e. The standard InChI is InChI=1S/C22H26F3N7/c1-27-18(6-8-26)13-32-9-7-14-10-17(3-2-15(14)12-32)30-21-28-11-19(22(23,24)25)20(31-21)29-16-4-5-16/h2-3,6,8,10-11,16H,4-5,7,9,12-13,26H2,1H3,(H2,28,29,30,31)/b8-6-,27-18?. The number of nitrogens with two attached hydrogens (primary N) is 1. The van der Waals surface area contributed by atoms with E-state index in [2.05, 4.69) is 30.5 Å². The third-order valence-electron chi connectivity index (χ3n) is 5.53. The van der Waals surface area contributed by atoms with Crippen LogP contribution in [0.3, 0.4) is 0 Å². The van der Waals surface area contributed by atoms with Crippen molar-refractivity contribution in [1.82, 2.24) is 14.9 Å². The van der Waals surface area contributed by atoms with Gasteiger partial charge in [-0.1, -0.05) is 6.07 Å². The topological polar surface area (TPSA) is 91.5 Å². The van der Waals surface area contributed by atoms with Gasteiger partial charge in [0.05, 0.1) is 0 Å². The highest BCUT2D eigenvalue weighted by molar-refractivity contribution is 5.96. The normalized spacial score (nSPS) is 17.4. The van der Waals surface area contributed by atoms with Crippen molar-refractivity contribution in [3.8, 4) is 0 Å². The van der Waals surface area contributed by atoms with Crippen LogP contribution in [0.2, 0.25) is 0 Å². The van der Waals surface area contributed by atoms with Gasteiger partial charge in [-0.2, -0.15) is 18.2 Å². The van der Waals surface area contributed by atoms with Crippen molar-refractivity contribution in [3.63, 3.8) is 0 Å². The molecule has 0 unspecified atom stereocenters. The number of hydrogen-bond acceptors (Lipinski definition) is 7. The molecule has 4 N–H and O–H groups in total. The predicted octanol–water partition coefficient (Wildman–Crippen LogP) is 3.71. The average molecular weight is 445 g/mol. The molecule has 0 radical (unpaired) electrons. The van der Waals surface area contributed by atoms with Gasteiger partial charge in [-0.05, 0) is 54.8 Å². The second kappa shape index (κ2) is 9.15. The maximum absolute atomic E-state index is 13.3. The lowest BCUT2D eigenvalue weighted by Crippen LogP contribution is -2.34. The van der Waals surface area contributed by atoms with E-state index in [1.54, 1.807) is 13.1 Å². The molecular formula is C22H26F3N7.